The molecule has 7 heteroatoms. The highest BCUT2D eigenvalue weighted by Gasteiger charge is 2.39. The highest BCUT2D eigenvalue weighted by atomic mass is 32.2. The molecule has 0 atom stereocenters. The maximum Gasteiger partial charge on any atom is 0.270 e. The molecule has 21 heavy (non-hydrogen) atoms. The van der Waals surface area contributed by atoms with E-state index in [2.05, 4.69) is 4.98 Å². The molecule has 1 aromatic heterocycles. The summed E-state index contributed by atoms with van der Waals surface area (Å²) < 4.78 is 32.7. The van der Waals surface area contributed by atoms with E-state index in [0.29, 0.717) is 6.42 Å². The third kappa shape index (κ3) is 3.97. The van der Waals surface area contributed by atoms with Gasteiger partial charge in [-0.3, -0.25) is 4.55 Å². The van der Waals surface area contributed by atoms with E-state index >= 15 is 0 Å². The summed E-state index contributed by atoms with van der Waals surface area (Å²) in [4.78, 5) is 4.56. The van der Waals surface area contributed by atoms with E-state index in [9.17, 15) is 13.0 Å². The molecule has 1 aromatic carbocycles. The van der Waals surface area contributed by atoms with Crippen LogP contribution in [0.3, 0.4) is 0 Å². The fourth-order valence-electron chi connectivity index (χ4n) is 2.28. The Kier molecular flexibility index (Phi) is 4.41. The first-order valence-corrected chi connectivity index (χ1v) is 9.59. The van der Waals surface area contributed by atoms with Crippen LogP contribution in [0.2, 0.25) is 0 Å². The van der Waals surface area contributed by atoms with Crippen LogP contribution < -0.4 is 0 Å². The Hall–Kier alpha value is -0.630. The topological polar surface area (TPSA) is 67.3 Å². The lowest BCUT2D eigenvalue weighted by Crippen LogP contribution is -2.38. The average Bonchev–Trinajstić information content (AvgIpc) is 2.66. The van der Waals surface area contributed by atoms with Gasteiger partial charge in [0.1, 0.15) is 0 Å². The van der Waals surface area contributed by atoms with Crippen LogP contribution in [0, 0.1) is 0 Å². The van der Waals surface area contributed by atoms with Gasteiger partial charge in [-0.1, -0.05) is 37.7 Å². The largest absolute Gasteiger partial charge is 0.285 e. The van der Waals surface area contributed by atoms with Gasteiger partial charge in [0, 0.05) is 4.75 Å². The number of thioether (sulfide) groups is 1. The van der Waals surface area contributed by atoms with Crippen molar-refractivity contribution in [3.8, 4) is 0 Å². The lowest BCUT2D eigenvalue weighted by Gasteiger charge is -2.31. The molecule has 0 amide bonds. The van der Waals surface area contributed by atoms with E-state index in [1.807, 2.05) is 38.1 Å². The van der Waals surface area contributed by atoms with Crippen LogP contribution in [0.4, 0.5) is 0 Å². The number of hydrogen-bond donors (Lipinski definition) is 1. The zero-order chi connectivity index (χ0) is 15.9. The second kappa shape index (κ2) is 5.53. The van der Waals surface area contributed by atoms with Crippen molar-refractivity contribution in [2.45, 2.75) is 47.9 Å². The Morgan fingerprint density at radius 1 is 1.24 bits per heavy atom. The molecule has 2 aromatic rings. The van der Waals surface area contributed by atoms with Gasteiger partial charge in [-0.2, -0.15) is 8.42 Å². The predicted molar refractivity (Wildman–Crippen MR) is 89.8 cm³/mol. The summed E-state index contributed by atoms with van der Waals surface area (Å²) >= 11 is 3.14. The average molecular weight is 346 g/mol. The lowest BCUT2D eigenvalue weighted by atomic mass is 9.99. The standard InChI is InChI=1S/C14H19NO3S3/c1-13(2,9-14(3,4)21(16,17)18)20-12-15-10-7-5-6-8-11(10)19-12/h5-8H,9H2,1-4H3,(H,16,17,18). The molecule has 0 aliphatic carbocycles. The van der Waals surface area contributed by atoms with E-state index in [1.54, 1.807) is 36.9 Å². The maximum absolute atomic E-state index is 11.5. The molecule has 0 aliphatic rings. The molecule has 0 fully saturated rings. The predicted octanol–water partition coefficient (Wildman–Crippen LogP) is 4.22. The first kappa shape index (κ1) is 16.7. The number of nitrogens with zero attached hydrogens (tertiary/aromatic N) is 1. The number of thiazole rings is 1. The molecule has 0 spiro atoms. The van der Waals surface area contributed by atoms with Crippen molar-refractivity contribution in [3.05, 3.63) is 24.3 Å². The van der Waals surface area contributed by atoms with Crippen LogP contribution in [-0.4, -0.2) is 27.4 Å². The van der Waals surface area contributed by atoms with Gasteiger partial charge < -0.3 is 0 Å². The summed E-state index contributed by atoms with van der Waals surface area (Å²) in [7, 11) is -4.08. The molecule has 0 radical (unpaired) electrons. The molecule has 0 unspecified atom stereocenters. The normalized spacial score (nSPS) is 13.8. The highest BCUT2D eigenvalue weighted by Crippen LogP contribution is 2.42. The molecule has 0 saturated carbocycles. The number of para-hydroxylation sites is 1. The molecule has 4 nitrogen and oxygen atoms in total. The summed E-state index contributed by atoms with van der Waals surface area (Å²) in [5, 5.41) is 0. The minimum absolute atomic E-state index is 0.333. The van der Waals surface area contributed by atoms with E-state index in [-0.39, 0.29) is 4.75 Å². The minimum atomic E-state index is -4.08. The van der Waals surface area contributed by atoms with E-state index in [0.717, 1.165) is 14.6 Å². The quantitative estimate of drug-likeness (QED) is 0.649. The van der Waals surface area contributed by atoms with Crippen LogP contribution in [0.15, 0.2) is 28.6 Å². The Balaban J connectivity index is 2.21. The first-order chi connectivity index (χ1) is 9.50. The van der Waals surface area contributed by atoms with E-state index in [1.165, 1.54) is 0 Å². The van der Waals surface area contributed by atoms with Gasteiger partial charge in [0.25, 0.3) is 10.1 Å². The van der Waals surface area contributed by atoms with Crippen molar-refractivity contribution in [1.82, 2.24) is 4.98 Å². The van der Waals surface area contributed by atoms with Gasteiger partial charge in [-0.15, -0.1) is 11.3 Å². The van der Waals surface area contributed by atoms with Gasteiger partial charge >= 0.3 is 0 Å². The minimum Gasteiger partial charge on any atom is -0.285 e. The van der Waals surface area contributed by atoms with Crippen LogP contribution in [0.5, 0.6) is 0 Å². The second-order valence-corrected chi connectivity index (χ2v) is 11.3. The fourth-order valence-corrected chi connectivity index (χ4v) is 5.78. The lowest BCUT2D eigenvalue weighted by molar-refractivity contribution is 0.415. The van der Waals surface area contributed by atoms with Crippen molar-refractivity contribution in [3.63, 3.8) is 0 Å². The highest BCUT2D eigenvalue weighted by molar-refractivity contribution is 8.02. The van der Waals surface area contributed by atoms with Gasteiger partial charge in [0.2, 0.25) is 0 Å². The summed E-state index contributed by atoms with van der Waals surface area (Å²) in [5.41, 5.74) is 0.954. The molecule has 2 rings (SSSR count). The molecule has 116 valence electrons. The molecule has 1 N–H and O–H groups in total. The van der Waals surface area contributed by atoms with Crippen molar-refractivity contribution in [2.75, 3.05) is 0 Å². The van der Waals surface area contributed by atoms with Crippen molar-refractivity contribution in [2.24, 2.45) is 0 Å². The molecule has 0 bridgehead atoms. The number of benzene rings is 1. The van der Waals surface area contributed by atoms with E-state index < -0.39 is 14.9 Å². The molecule has 1 heterocycles. The summed E-state index contributed by atoms with van der Waals surface area (Å²) in [5.74, 6) is 0. The maximum atomic E-state index is 11.5. The SMILES string of the molecule is CC(C)(CC(C)(C)S(=O)(=O)O)Sc1nc2ccccc2s1. The van der Waals surface area contributed by atoms with Crippen LogP contribution in [0.1, 0.15) is 34.1 Å². The van der Waals surface area contributed by atoms with Crippen LogP contribution in [-0.2, 0) is 10.1 Å². The van der Waals surface area contributed by atoms with Crippen LogP contribution >= 0.6 is 23.1 Å². The second-order valence-electron chi connectivity index (χ2n) is 6.22. The summed E-state index contributed by atoms with van der Waals surface area (Å²) in [6.45, 7) is 7.03. The molecule has 0 saturated heterocycles. The van der Waals surface area contributed by atoms with E-state index in [4.69, 9.17) is 0 Å². The van der Waals surface area contributed by atoms with Crippen LogP contribution in [0.25, 0.3) is 10.2 Å². The fraction of sp³-hybridized carbons (Fsp3) is 0.500. The molecular formula is C14H19NO3S3. The third-order valence-electron chi connectivity index (χ3n) is 3.19. The van der Waals surface area contributed by atoms with Gasteiger partial charge in [0.15, 0.2) is 4.34 Å². The Labute approximate surface area is 133 Å². The zero-order valence-electron chi connectivity index (χ0n) is 12.5. The van der Waals surface area contributed by atoms with Gasteiger partial charge in [-0.25, -0.2) is 4.98 Å². The van der Waals surface area contributed by atoms with Crippen molar-refractivity contribution in [1.29, 1.82) is 0 Å². The number of hydrogen-bond acceptors (Lipinski definition) is 5. The zero-order valence-corrected chi connectivity index (χ0v) is 14.9. The summed E-state index contributed by atoms with van der Waals surface area (Å²) in [6.07, 6.45) is 0.333. The third-order valence-corrected chi connectivity index (χ3v) is 7.02. The molecule has 0 aliphatic heterocycles. The first-order valence-electron chi connectivity index (χ1n) is 6.52. The Bertz CT molecular complexity index is 715. The number of rotatable bonds is 5. The Morgan fingerprint density at radius 2 is 1.86 bits per heavy atom. The number of fused-ring (bicyclic) bond motifs is 1. The smallest absolute Gasteiger partial charge is 0.270 e. The monoisotopic (exact) mass is 345 g/mol. The van der Waals surface area contributed by atoms with Crippen molar-refractivity contribution < 1.29 is 13.0 Å². The number of aromatic nitrogens is 1. The van der Waals surface area contributed by atoms with Gasteiger partial charge in [-0.05, 0) is 32.4 Å². The Morgan fingerprint density at radius 3 is 2.43 bits per heavy atom. The van der Waals surface area contributed by atoms with Gasteiger partial charge in [0.05, 0.1) is 15.0 Å². The summed E-state index contributed by atoms with van der Waals surface area (Å²) in [6, 6.07) is 7.90. The molecular weight excluding hydrogens is 326 g/mol. The van der Waals surface area contributed by atoms with Crippen molar-refractivity contribution >= 4 is 43.4 Å².